The number of hydrogen-bond acceptors (Lipinski definition) is 4. The van der Waals surface area contributed by atoms with Gasteiger partial charge in [-0.2, -0.15) is 4.31 Å². The minimum Gasteiger partial charge on any atom is -0.372 e. The first-order chi connectivity index (χ1) is 13.9. The zero-order chi connectivity index (χ0) is 20.9. The monoisotopic (exact) mass is 415 g/mol. The normalized spacial score (nSPS) is 15.9. The van der Waals surface area contributed by atoms with Crippen molar-refractivity contribution in [1.29, 1.82) is 0 Å². The molecule has 0 aromatic heterocycles. The van der Waals surface area contributed by atoms with Gasteiger partial charge in [-0.3, -0.25) is 4.79 Å². The second kappa shape index (κ2) is 9.41. The predicted octanol–water partition coefficient (Wildman–Crippen LogP) is 3.17. The molecule has 1 amide bonds. The standard InChI is InChI=1S/C22H29N3O3S/c1-18(19-11-13-20(14-12-19)25-15-7-4-8-16-25)23-22(26)17-24(2)29(27,28)21-9-5-3-6-10-21/h3,5-6,9-14,18H,4,7-8,15-17H2,1-2H3,(H,23,26)/t18-/m0/s1. The van der Waals surface area contributed by atoms with Crippen molar-refractivity contribution in [3.8, 4) is 0 Å². The number of carbonyl (C=O) groups excluding carboxylic acids is 1. The van der Waals surface area contributed by atoms with E-state index in [0.29, 0.717) is 0 Å². The Morgan fingerprint density at radius 2 is 1.66 bits per heavy atom. The summed E-state index contributed by atoms with van der Waals surface area (Å²) < 4.78 is 26.2. The van der Waals surface area contributed by atoms with Gasteiger partial charge in [-0.15, -0.1) is 0 Å². The van der Waals surface area contributed by atoms with Gasteiger partial charge < -0.3 is 10.2 Å². The zero-order valence-corrected chi connectivity index (χ0v) is 17.9. The van der Waals surface area contributed by atoms with Gasteiger partial charge in [0.1, 0.15) is 0 Å². The Balaban J connectivity index is 1.57. The van der Waals surface area contributed by atoms with E-state index in [9.17, 15) is 13.2 Å². The van der Waals surface area contributed by atoms with Crippen molar-refractivity contribution in [2.75, 3.05) is 31.6 Å². The Morgan fingerprint density at radius 3 is 2.28 bits per heavy atom. The van der Waals surface area contributed by atoms with E-state index < -0.39 is 10.0 Å². The summed E-state index contributed by atoms with van der Waals surface area (Å²) in [7, 11) is -2.27. The number of rotatable bonds is 7. The molecule has 0 spiro atoms. The first-order valence-corrected chi connectivity index (χ1v) is 11.5. The van der Waals surface area contributed by atoms with Crippen LogP contribution >= 0.6 is 0 Å². The van der Waals surface area contributed by atoms with Crippen LogP contribution in [-0.2, 0) is 14.8 Å². The molecular weight excluding hydrogens is 386 g/mol. The third-order valence-electron chi connectivity index (χ3n) is 5.31. The van der Waals surface area contributed by atoms with Crippen molar-refractivity contribution in [2.45, 2.75) is 37.1 Å². The third-order valence-corrected chi connectivity index (χ3v) is 7.13. The Morgan fingerprint density at radius 1 is 1.03 bits per heavy atom. The molecular formula is C22H29N3O3S. The molecule has 3 rings (SSSR count). The molecule has 2 aromatic carbocycles. The Hall–Kier alpha value is -2.38. The van der Waals surface area contributed by atoms with Gasteiger partial charge in [0.25, 0.3) is 0 Å². The number of amides is 1. The highest BCUT2D eigenvalue weighted by molar-refractivity contribution is 7.89. The first kappa shape index (κ1) is 21.3. The highest BCUT2D eigenvalue weighted by Crippen LogP contribution is 2.22. The van der Waals surface area contributed by atoms with E-state index in [0.717, 1.165) is 23.0 Å². The van der Waals surface area contributed by atoms with Crippen LogP contribution in [-0.4, -0.2) is 45.3 Å². The van der Waals surface area contributed by atoms with Crippen LogP contribution in [0.5, 0.6) is 0 Å². The molecule has 6 nitrogen and oxygen atoms in total. The number of hydrogen-bond donors (Lipinski definition) is 1. The molecule has 0 bridgehead atoms. The van der Waals surface area contributed by atoms with E-state index >= 15 is 0 Å². The molecule has 1 aliphatic rings. The maximum absolute atomic E-state index is 12.6. The lowest BCUT2D eigenvalue weighted by atomic mass is 10.1. The van der Waals surface area contributed by atoms with E-state index in [4.69, 9.17) is 0 Å². The van der Waals surface area contributed by atoms with Crippen molar-refractivity contribution in [2.24, 2.45) is 0 Å². The highest BCUT2D eigenvalue weighted by Gasteiger charge is 2.23. The van der Waals surface area contributed by atoms with Gasteiger partial charge in [0.15, 0.2) is 0 Å². The molecule has 1 heterocycles. The molecule has 2 aromatic rings. The van der Waals surface area contributed by atoms with Crippen molar-refractivity contribution < 1.29 is 13.2 Å². The molecule has 0 unspecified atom stereocenters. The van der Waals surface area contributed by atoms with Gasteiger partial charge in [0.05, 0.1) is 17.5 Å². The van der Waals surface area contributed by atoms with Gasteiger partial charge in [0, 0.05) is 25.8 Å². The Labute approximate surface area is 173 Å². The number of benzene rings is 2. The van der Waals surface area contributed by atoms with Crippen LogP contribution in [0, 0.1) is 0 Å². The number of anilines is 1. The summed E-state index contributed by atoms with van der Waals surface area (Å²) in [4.78, 5) is 15.0. The van der Waals surface area contributed by atoms with E-state index in [1.807, 2.05) is 19.1 Å². The van der Waals surface area contributed by atoms with Gasteiger partial charge in [-0.25, -0.2) is 8.42 Å². The number of likely N-dealkylation sites (N-methyl/N-ethyl adjacent to an activating group) is 1. The summed E-state index contributed by atoms with van der Waals surface area (Å²) in [6, 6.07) is 16.2. The lowest BCUT2D eigenvalue weighted by Gasteiger charge is -2.29. The first-order valence-electron chi connectivity index (χ1n) is 10.0. The van der Waals surface area contributed by atoms with Crippen LogP contribution in [0.4, 0.5) is 5.69 Å². The second-order valence-electron chi connectivity index (χ2n) is 7.50. The van der Waals surface area contributed by atoms with Crippen LogP contribution in [0.15, 0.2) is 59.5 Å². The average molecular weight is 416 g/mol. The number of nitrogens with one attached hydrogen (secondary N) is 1. The van der Waals surface area contributed by atoms with E-state index in [-0.39, 0.29) is 23.4 Å². The summed E-state index contributed by atoms with van der Waals surface area (Å²) in [6.45, 7) is 3.86. The molecule has 0 saturated carbocycles. The van der Waals surface area contributed by atoms with Crippen LogP contribution in [0.3, 0.4) is 0 Å². The lowest BCUT2D eigenvalue weighted by molar-refractivity contribution is -0.121. The summed E-state index contributed by atoms with van der Waals surface area (Å²) >= 11 is 0. The molecule has 0 radical (unpaired) electrons. The van der Waals surface area contributed by atoms with Gasteiger partial charge in [-0.1, -0.05) is 30.3 Å². The van der Waals surface area contributed by atoms with E-state index in [1.54, 1.807) is 18.2 Å². The maximum atomic E-state index is 12.6. The van der Waals surface area contributed by atoms with Gasteiger partial charge in [-0.05, 0) is 56.0 Å². The zero-order valence-electron chi connectivity index (χ0n) is 17.0. The van der Waals surface area contributed by atoms with E-state index in [1.165, 1.54) is 44.1 Å². The molecule has 1 N–H and O–H groups in total. The summed E-state index contributed by atoms with van der Waals surface area (Å²) in [5, 5.41) is 2.89. The highest BCUT2D eigenvalue weighted by atomic mass is 32.2. The van der Waals surface area contributed by atoms with Crippen molar-refractivity contribution in [1.82, 2.24) is 9.62 Å². The number of nitrogens with zero attached hydrogens (tertiary/aromatic N) is 2. The van der Waals surface area contributed by atoms with Gasteiger partial charge in [0.2, 0.25) is 15.9 Å². The molecule has 156 valence electrons. The van der Waals surface area contributed by atoms with Crippen LogP contribution in [0.2, 0.25) is 0 Å². The fraction of sp³-hybridized carbons (Fsp3) is 0.409. The Kier molecular flexibility index (Phi) is 6.92. The fourth-order valence-electron chi connectivity index (χ4n) is 3.56. The summed E-state index contributed by atoms with van der Waals surface area (Å²) in [5.41, 5.74) is 2.20. The number of carbonyl (C=O) groups is 1. The van der Waals surface area contributed by atoms with Crippen molar-refractivity contribution in [3.63, 3.8) is 0 Å². The number of piperidine rings is 1. The SMILES string of the molecule is C[C@H](NC(=O)CN(C)S(=O)(=O)c1ccccc1)c1ccc(N2CCCCC2)cc1. The largest absolute Gasteiger partial charge is 0.372 e. The minimum absolute atomic E-state index is 0.177. The maximum Gasteiger partial charge on any atom is 0.243 e. The molecule has 1 saturated heterocycles. The lowest BCUT2D eigenvalue weighted by Crippen LogP contribution is -2.39. The van der Waals surface area contributed by atoms with Crippen LogP contribution in [0.25, 0.3) is 0 Å². The summed E-state index contributed by atoms with van der Waals surface area (Å²) in [5.74, 6) is -0.334. The van der Waals surface area contributed by atoms with Crippen LogP contribution in [0.1, 0.15) is 37.8 Å². The second-order valence-corrected chi connectivity index (χ2v) is 9.55. The third kappa shape index (κ3) is 5.36. The average Bonchev–Trinajstić information content (AvgIpc) is 2.75. The Bertz CT molecular complexity index is 908. The van der Waals surface area contributed by atoms with E-state index in [2.05, 4.69) is 22.3 Å². The predicted molar refractivity (Wildman–Crippen MR) is 115 cm³/mol. The molecule has 1 atom stereocenters. The number of sulfonamides is 1. The van der Waals surface area contributed by atoms with Crippen molar-refractivity contribution in [3.05, 3.63) is 60.2 Å². The van der Waals surface area contributed by atoms with Crippen LogP contribution < -0.4 is 10.2 Å². The quantitative estimate of drug-likeness (QED) is 0.754. The van der Waals surface area contributed by atoms with Crippen molar-refractivity contribution >= 4 is 21.6 Å². The summed E-state index contributed by atoms with van der Waals surface area (Å²) in [6.07, 6.45) is 3.76. The minimum atomic E-state index is -3.69. The molecule has 1 fully saturated rings. The molecule has 7 heteroatoms. The smallest absolute Gasteiger partial charge is 0.243 e. The molecule has 1 aliphatic heterocycles. The molecule has 0 aliphatic carbocycles. The molecule has 29 heavy (non-hydrogen) atoms. The fourth-order valence-corrected chi connectivity index (χ4v) is 4.70. The van der Waals surface area contributed by atoms with Gasteiger partial charge >= 0.3 is 0 Å². The topological polar surface area (TPSA) is 69.7 Å².